The molecule has 10 heteroatoms. The fourth-order valence-electron chi connectivity index (χ4n) is 2.71. The number of aromatic nitrogens is 1. The molecule has 8 nitrogen and oxygen atoms in total. The SMILES string of the molecule is COC(=O)c1cc(C(=O)Nc2nc(C)c(Cc3ccccc3F)s2)cc([N+](=O)[O-])c1. The summed E-state index contributed by atoms with van der Waals surface area (Å²) in [6, 6.07) is 9.67. The van der Waals surface area contributed by atoms with Crippen molar-refractivity contribution in [3.05, 3.63) is 85.7 Å². The minimum Gasteiger partial charge on any atom is -0.465 e. The lowest BCUT2D eigenvalue weighted by atomic mass is 10.1. The van der Waals surface area contributed by atoms with Gasteiger partial charge in [0, 0.05) is 29.0 Å². The number of carbonyl (C=O) groups excluding carboxylic acids is 2. The fraction of sp³-hybridized carbons (Fsp3) is 0.150. The normalized spacial score (nSPS) is 10.5. The molecule has 154 valence electrons. The van der Waals surface area contributed by atoms with E-state index in [-0.39, 0.29) is 22.1 Å². The largest absolute Gasteiger partial charge is 0.465 e. The third-order valence-electron chi connectivity index (χ3n) is 4.23. The van der Waals surface area contributed by atoms with Crippen molar-refractivity contribution in [1.29, 1.82) is 0 Å². The van der Waals surface area contributed by atoms with Crippen molar-refractivity contribution < 1.29 is 23.6 Å². The molecular formula is C20H16FN3O5S. The number of carbonyl (C=O) groups is 2. The Bertz CT molecular complexity index is 1150. The first-order valence-electron chi connectivity index (χ1n) is 8.67. The van der Waals surface area contributed by atoms with E-state index in [1.807, 2.05) is 0 Å². The van der Waals surface area contributed by atoms with Crippen LogP contribution in [-0.2, 0) is 11.2 Å². The minimum atomic E-state index is -0.801. The summed E-state index contributed by atoms with van der Waals surface area (Å²) in [7, 11) is 1.14. The van der Waals surface area contributed by atoms with Crippen molar-refractivity contribution in [2.24, 2.45) is 0 Å². The van der Waals surface area contributed by atoms with Gasteiger partial charge in [0.05, 0.1) is 23.3 Å². The highest BCUT2D eigenvalue weighted by molar-refractivity contribution is 7.15. The van der Waals surface area contributed by atoms with Gasteiger partial charge in [-0.2, -0.15) is 0 Å². The summed E-state index contributed by atoms with van der Waals surface area (Å²) >= 11 is 1.18. The molecule has 30 heavy (non-hydrogen) atoms. The Kier molecular flexibility index (Phi) is 6.17. The number of thiazole rings is 1. The lowest BCUT2D eigenvalue weighted by Crippen LogP contribution is -2.13. The molecule has 0 aliphatic carbocycles. The van der Waals surface area contributed by atoms with E-state index >= 15 is 0 Å². The van der Waals surface area contributed by atoms with Gasteiger partial charge in [0.25, 0.3) is 11.6 Å². The number of amides is 1. The molecule has 1 N–H and O–H groups in total. The van der Waals surface area contributed by atoms with E-state index in [2.05, 4.69) is 15.0 Å². The van der Waals surface area contributed by atoms with Gasteiger partial charge < -0.3 is 4.74 Å². The molecule has 0 aliphatic heterocycles. The second-order valence-electron chi connectivity index (χ2n) is 6.27. The number of non-ortho nitro benzene ring substituents is 1. The van der Waals surface area contributed by atoms with Crippen LogP contribution >= 0.6 is 11.3 Å². The Morgan fingerprint density at radius 1 is 1.23 bits per heavy atom. The topological polar surface area (TPSA) is 111 Å². The van der Waals surface area contributed by atoms with Crippen LogP contribution in [0.4, 0.5) is 15.2 Å². The second-order valence-corrected chi connectivity index (χ2v) is 7.35. The molecule has 0 aliphatic rings. The molecule has 0 atom stereocenters. The predicted molar refractivity (Wildman–Crippen MR) is 108 cm³/mol. The predicted octanol–water partition coefficient (Wildman–Crippen LogP) is 4.13. The summed E-state index contributed by atoms with van der Waals surface area (Å²) in [5.41, 5.74) is 0.510. The molecule has 0 saturated carbocycles. The summed E-state index contributed by atoms with van der Waals surface area (Å²) in [6.07, 6.45) is 0.315. The zero-order valence-corrected chi connectivity index (χ0v) is 16.8. The first-order valence-corrected chi connectivity index (χ1v) is 9.49. The number of halogens is 1. The Balaban J connectivity index is 1.84. The van der Waals surface area contributed by atoms with Crippen molar-refractivity contribution in [2.75, 3.05) is 12.4 Å². The molecule has 0 spiro atoms. The molecule has 0 bridgehead atoms. The summed E-state index contributed by atoms with van der Waals surface area (Å²) < 4.78 is 18.5. The first-order chi connectivity index (χ1) is 14.3. The number of nitro groups is 1. The zero-order chi connectivity index (χ0) is 21.8. The van der Waals surface area contributed by atoms with Gasteiger partial charge in [-0.05, 0) is 24.6 Å². The Morgan fingerprint density at radius 2 is 1.93 bits per heavy atom. The van der Waals surface area contributed by atoms with Crippen LogP contribution in [0.5, 0.6) is 0 Å². The average Bonchev–Trinajstić information content (AvgIpc) is 3.07. The summed E-state index contributed by atoms with van der Waals surface area (Å²) in [4.78, 5) is 39.8. The lowest BCUT2D eigenvalue weighted by molar-refractivity contribution is -0.384. The number of nitrogens with one attached hydrogen (secondary N) is 1. The number of hydrogen-bond donors (Lipinski definition) is 1. The molecule has 1 amide bonds. The van der Waals surface area contributed by atoms with Gasteiger partial charge >= 0.3 is 5.97 Å². The van der Waals surface area contributed by atoms with Crippen molar-refractivity contribution in [2.45, 2.75) is 13.3 Å². The smallest absolute Gasteiger partial charge is 0.338 e. The van der Waals surface area contributed by atoms with Gasteiger partial charge in [0.15, 0.2) is 5.13 Å². The lowest BCUT2D eigenvalue weighted by Gasteiger charge is -2.05. The number of aryl methyl sites for hydroxylation is 1. The number of hydrogen-bond acceptors (Lipinski definition) is 7. The standard InChI is InChI=1S/C20H16FN3O5S/c1-11-17(10-12-5-3-4-6-16(12)21)30-20(22-11)23-18(25)13-7-14(19(26)29-2)9-15(8-13)24(27)28/h3-9H,10H2,1-2H3,(H,22,23,25). The Labute approximate surface area is 174 Å². The molecule has 1 heterocycles. The molecule has 3 aromatic rings. The number of methoxy groups -OCH3 is 1. The van der Waals surface area contributed by atoms with Crippen LogP contribution in [0.15, 0.2) is 42.5 Å². The second kappa shape index (κ2) is 8.78. The number of ether oxygens (including phenoxy) is 1. The first kappa shape index (κ1) is 21.1. The van der Waals surface area contributed by atoms with E-state index in [1.54, 1.807) is 25.1 Å². The number of benzene rings is 2. The monoisotopic (exact) mass is 429 g/mol. The van der Waals surface area contributed by atoms with Crippen LogP contribution in [0.1, 0.15) is 36.9 Å². The van der Waals surface area contributed by atoms with Crippen LogP contribution in [0.2, 0.25) is 0 Å². The third-order valence-corrected chi connectivity index (χ3v) is 5.31. The van der Waals surface area contributed by atoms with Gasteiger partial charge in [-0.25, -0.2) is 14.2 Å². The number of esters is 1. The third kappa shape index (κ3) is 4.66. The van der Waals surface area contributed by atoms with E-state index in [0.717, 1.165) is 24.1 Å². The highest BCUT2D eigenvalue weighted by Gasteiger charge is 2.20. The van der Waals surface area contributed by atoms with E-state index in [4.69, 9.17) is 0 Å². The molecule has 0 saturated heterocycles. The molecule has 2 aromatic carbocycles. The maximum Gasteiger partial charge on any atom is 0.338 e. The fourth-order valence-corrected chi connectivity index (χ4v) is 3.69. The molecule has 0 unspecified atom stereocenters. The number of nitro benzene ring substituents is 1. The number of rotatable bonds is 6. The maximum absolute atomic E-state index is 13.9. The quantitative estimate of drug-likeness (QED) is 0.358. The minimum absolute atomic E-state index is 0.0897. The average molecular weight is 429 g/mol. The number of nitrogens with zero attached hydrogens (tertiary/aromatic N) is 2. The van der Waals surface area contributed by atoms with Gasteiger partial charge in [0.1, 0.15) is 5.82 Å². The van der Waals surface area contributed by atoms with Crippen LogP contribution in [0.25, 0.3) is 0 Å². The summed E-state index contributed by atoms with van der Waals surface area (Å²) in [5, 5.41) is 14.0. The zero-order valence-electron chi connectivity index (χ0n) is 16.0. The summed E-state index contributed by atoms with van der Waals surface area (Å²) in [6.45, 7) is 1.74. The van der Waals surface area contributed by atoms with E-state index < -0.39 is 22.5 Å². The Morgan fingerprint density at radius 3 is 2.60 bits per heavy atom. The van der Waals surface area contributed by atoms with Gasteiger partial charge in [-0.3, -0.25) is 20.2 Å². The van der Waals surface area contributed by atoms with Crippen molar-refractivity contribution in [3.8, 4) is 0 Å². The van der Waals surface area contributed by atoms with Gasteiger partial charge in [-0.15, -0.1) is 11.3 Å². The molecule has 3 rings (SSSR count). The van der Waals surface area contributed by atoms with Crippen molar-refractivity contribution in [3.63, 3.8) is 0 Å². The summed E-state index contributed by atoms with van der Waals surface area (Å²) in [5.74, 6) is -1.80. The Hall–Kier alpha value is -3.66. The molecule has 0 fully saturated rings. The van der Waals surface area contributed by atoms with Gasteiger partial charge in [-0.1, -0.05) is 18.2 Å². The highest BCUT2D eigenvalue weighted by Crippen LogP contribution is 2.27. The molecular weight excluding hydrogens is 413 g/mol. The van der Waals surface area contributed by atoms with Gasteiger partial charge in [0.2, 0.25) is 0 Å². The molecule has 0 radical (unpaired) electrons. The number of anilines is 1. The van der Waals surface area contributed by atoms with E-state index in [9.17, 15) is 24.1 Å². The van der Waals surface area contributed by atoms with E-state index in [1.165, 1.54) is 23.5 Å². The van der Waals surface area contributed by atoms with Crippen LogP contribution in [0.3, 0.4) is 0 Å². The van der Waals surface area contributed by atoms with Crippen LogP contribution < -0.4 is 5.32 Å². The maximum atomic E-state index is 13.9. The van der Waals surface area contributed by atoms with E-state index in [0.29, 0.717) is 17.7 Å². The van der Waals surface area contributed by atoms with Crippen molar-refractivity contribution >= 4 is 34.0 Å². The molecule has 1 aromatic heterocycles. The van der Waals surface area contributed by atoms with Crippen molar-refractivity contribution in [1.82, 2.24) is 4.98 Å². The van der Waals surface area contributed by atoms with Crippen LogP contribution in [0, 0.1) is 22.9 Å². The highest BCUT2D eigenvalue weighted by atomic mass is 32.1. The van der Waals surface area contributed by atoms with Crippen LogP contribution in [-0.4, -0.2) is 28.9 Å².